The summed E-state index contributed by atoms with van der Waals surface area (Å²) in [5, 5.41) is 0. The van der Waals surface area contributed by atoms with Crippen LogP contribution in [-0.4, -0.2) is 13.3 Å². The maximum atomic E-state index is 5.79. The van der Waals surface area contributed by atoms with E-state index >= 15 is 0 Å². The van der Waals surface area contributed by atoms with Crippen LogP contribution in [0.25, 0.3) is 11.1 Å². The minimum absolute atomic E-state index is 0.645. The molecule has 17 heavy (non-hydrogen) atoms. The molecule has 1 nitrogen and oxygen atoms in total. The fourth-order valence-electron chi connectivity index (χ4n) is 1.65. The molecule has 0 unspecified atom stereocenters. The van der Waals surface area contributed by atoms with Crippen LogP contribution in [0.4, 0.5) is 0 Å². The van der Waals surface area contributed by atoms with Crippen molar-refractivity contribution < 1.29 is 4.74 Å². The van der Waals surface area contributed by atoms with Crippen molar-refractivity contribution in [1.29, 1.82) is 0 Å². The predicted molar refractivity (Wildman–Crippen MR) is 72.3 cm³/mol. The molecular formula is C15H15BO. The third-order valence-corrected chi connectivity index (χ3v) is 2.34. The highest BCUT2D eigenvalue weighted by molar-refractivity contribution is 6.14. The van der Waals surface area contributed by atoms with E-state index in [4.69, 9.17) is 12.6 Å². The monoisotopic (exact) mass is 222 g/mol. The maximum absolute atomic E-state index is 5.79. The predicted octanol–water partition coefficient (Wildman–Crippen LogP) is 3.64. The van der Waals surface area contributed by atoms with Crippen LogP contribution < -0.4 is 4.74 Å². The molecule has 0 atom stereocenters. The molecule has 0 aliphatic carbocycles. The minimum Gasteiger partial charge on any atom is -0.498 e. The summed E-state index contributed by atoms with van der Waals surface area (Å²) in [6, 6.07) is 18.2. The topological polar surface area (TPSA) is 9.23 Å². The lowest BCUT2D eigenvalue weighted by atomic mass is 9.86. The Kier molecular flexibility index (Phi) is 3.23. The fraction of sp³-hybridized carbons (Fsp3) is 0.200. The van der Waals surface area contributed by atoms with Crippen LogP contribution in [-0.2, 0) is 0 Å². The van der Waals surface area contributed by atoms with E-state index in [2.05, 4.69) is 12.1 Å². The van der Waals surface area contributed by atoms with Crippen LogP contribution in [0.15, 0.2) is 54.6 Å². The summed E-state index contributed by atoms with van der Waals surface area (Å²) in [5.74, 6) is 0.789. The average Bonchev–Trinajstić information content (AvgIpc) is 2.29. The second-order valence-electron chi connectivity index (χ2n) is 4.60. The summed E-state index contributed by atoms with van der Waals surface area (Å²) in [5.41, 5.74) is 1.73. The van der Waals surface area contributed by atoms with Gasteiger partial charge in [-0.1, -0.05) is 42.5 Å². The van der Waals surface area contributed by atoms with Crippen LogP contribution in [0.3, 0.4) is 0 Å². The van der Waals surface area contributed by atoms with Gasteiger partial charge in [-0.2, -0.15) is 0 Å². The van der Waals surface area contributed by atoms with Crippen molar-refractivity contribution in [2.45, 2.75) is 19.3 Å². The second-order valence-corrected chi connectivity index (χ2v) is 4.60. The lowest BCUT2D eigenvalue weighted by molar-refractivity contribution is 0.198. The Morgan fingerprint density at radius 2 is 1.35 bits per heavy atom. The fourth-order valence-corrected chi connectivity index (χ4v) is 1.65. The quantitative estimate of drug-likeness (QED) is 0.720. The smallest absolute Gasteiger partial charge is 0.130 e. The molecule has 0 N–H and O–H groups in total. The first-order valence-electron chi connectivity index (χ1n) is 5.68. The van der Waals surface area contributed by atoms with Gasteiger partial charge in [0.1, 0.15) is 13.6 Å². The van der Waals surface area contributed by atoms with Crippen molar-refractivity contribution >= 4 is 7.85 Å². The highest BCUT2D eigenvalue weighted by atomic mass is 16.5. The lowest BCUT2D eigenvalue weighted by Crippen LogP contribution is -2.27. The Labute approximate surface area is 104 Å². The van der Waals surface area contributed by atoms with Gasteiger partial charge in [-0.25, -0.2) is 0 Å². The normalized spacial score (nSPS) is 11.2. The third-order valence-electron chi connectivity index (χ3n) is 2.34. The summed E-state index contributed by atoms with van der Waals surface area (Å²) in [4.78, 5) is 0. The molecule has 2 heteroatoms. The Balaban J connectivity index is 2.19. The van der Waals surface area contributed by atoms with Crippen LogP contribution in [0.2, 0.25) is 0 Å². The van der Waals surface area contributed by atoms with Crippen LogP contribution in [0.5, 0.6) is 5.75 Å². The number of benzene rings is 2. The number of hydrogen-bond donors (Lipinski definition) is 0. The summed E-state index contributed by atoms with van der Waals surface area (Å²) in [7, 11) is 5.79. The molecule has 0 aliphatic heterocycles. The van der Waals surface area contributed by atoms with Gasteiger partial charge in [0, 0.05) is 0 Å². The van der Waals surface area contributed by atoms with E-state index in [1.54, 1.807) is 0 Å². The van der Waals surface area contributed by atoms with Crippen molar-refractivity contribution in [3.8, 4) is 16.9 Å². The van der Waals surface area contributed by atoms with Gasteiger partial charge in [0.25, 0.3) is 0 Å². The first-order chi connectivity index (χ1) is 8.04. The van der Waals surface area contributed by atoms with Gasteiger partial charge in [-0.15, -0.1) is 0 Å². The van der Waals surface area contributed by atoms with E-state index in [9.17, 15) is 0 Å². The largest absolute Gasteiger partial charge is 0.498 e. The molecular weight excluding hydrogens is 207 g/mol. The van der Waals surface area contributed by atoms with Gasteiger partial charge < -0.3 is 4.74 Å². The molecule has 0 spiro atoms. The Morgan fingerprint density at radius 3 is 1.88 bits per heavy atom. The van der Waals surface area contributed by atoms with E-state index in [0.717, 1.165) is 5.75 Å². The molecule has 2 rings (SSSR count). The Bertz CT molecular complexity index is 469. The molecule has 0 bridgehead atoms. The van der Waals surface area contributed by atoms with Gasteiger partial charge in [0.05, 0.1) is 5.50 Å². The van der Waals surface area contributed by atoms with E-state index < -0.39 is 5.50 Å². The molecule has 2 radical (unpaired) electrons. The van der Waals surface area contributed by atoms with Crippen LogP contribution in [0, 0.1) is 0 Å². The van der Waals surface area contributed by atoms with Crippen molar-refractivity contribution in [2.24, 2.45) is 0 Å². The van der Waals surface area contributed by atoms with Crippen molar-refractivity contribution in [3.63, 3.8) is 0 Å². The molecule has 0 saturated carbocycles. The van der Waals surface area contributed by atoms with Crippen LogP contribution in [0.1, 0.15) is 13.8 Å². The summed E-state index contributed by atoms with van der Waals surface area (Å²) in [6.45, 7) is 3.66. The number of rotatable bonds is 3. The molecule has 0 aliphatic rings. The molecule has 0 saturated heterocycles. The average molecular weight is 222 g/mol. The SMILES string of the molecule is [B]C(C)(C)Oc1ccc(-c2ccccc2)cc1. The van der Waals surface area contributed by atoms with E-state index in [1.165, 1.54) is 11.1 Å². The summed E-state index contributed by atoms with van der Waals surface area (Å²) in [6.07, 6.45) is 0. The van der Waals surface area contributed by atoms with Crippen molar-refractivity contribution in [1.82, 2.24) is 0 Å². The molecule has 0 aromatic heterocycles. The van der Waals surface area contributed by atoms with Crippen LogP contribution >= 0.6 is 0 Å². The Morgan fingerprint density at radius 1 is 0.824 bits per heavy atom. The van der Waals surface area contributed by atoms with Gasteiger partial charge in [0.15, 0.2) is 0 Å². The van der Waals surface area contributed by atoms with E-state index in [-0.39, 0.29) is 0 Å². The van der Waals surface area contributed by atoms with E-state index in [1.807, 2.05) is 56.3 Å². The number of ether oxygens (including phenoxy) is 1. The molecule has 0 heterocycles. The first-order valence-corrected chi connectivity index (χ1v) is 5.68. The summed E-state index contributed by atoms with van der Waals surface area (Å²) >= 11 is 0. The Hall–Kier alpha value is -1.70. The number of hydrogen-bond acceptors (Lipinski definition) is 1. The zero-order valence-corrected chi connectivity index (χ0v) is 10.2. The third kappa shape index (κ3) is 3.38. The highest BCUT2D eigenvalue weighted by Crippen LogP contribution is 2.23. The zero-order chi connectivity index (χ0) is 12.3. The molecule has 2 aromatic rings. The van der Waals surface area contributed by atoms with Gasteiger partial charge >= 0.3 is 0 Å². The first kappa shape index (κ1) is 11.8. The second kappa shape index (κ2) is 4.66. The molecule has 84 valence electrons. The van der Waals surface area contributed by atoms with E-state index in [0.29, 0.717) is 0 Å². The van der Waals surface area contributed by atoms with Crippen molar-refractivity contribution in [2.75, 3.05) is 0 Å². The standard InChI is InChI=1S/C15H15BO/c1-15(2,16)17-14-10-8-13(9-11-14)12-6-4-3-5-7-12/h3-11H,1-2H3. The zero-order valence-electron chi connectivity index (χ0n) is 10.2. The summed E-state index contributed by atoms with van der Waals surface area (Å²) < 4.78 is 5.57. The highest BCUT2D eigenvalue weighted by Gasteiger charge is 2.10. The van der Waals surface area contributed by atoms with Gasteiger partial charge in [-0.3, -0.25) is 0 Å². The molecule has 0 fully saturated rings. The van der Waals surface area contributed by atoms with Crippen molar-refractivity contribution in [3.05, 3.63) is 54.6 Å². The lowest BCUT2D eigenvalue weighted by Gasteiger charge is -2.22. The van der Waals surface area contributed by atoms with Gasteiger partial charge in [-0.05, 0) is 37.1 Å². The van der Waals surface area contributed by atoms with Gasteiger partial charge in [0.2, 0.25) is 0 Å². The molecule has 0 amide bonds. The minimum atomic E-state index is -0.645. The maximum Gasteiger partial charge on any atom is 0.130 e. The molecule has 2 aromatic carbocycles.